The van der Waals surface area contributed by atoms with Crippen molar-refractivity contribution in [3.63, 3.8) is 0 Å². The summed E-state index contributed by atoms with van der Waals surface area (Å²) >= 11 is 1.65. The molecule has 0 amide bonds. The van der Waals surface area contributed by atoms with Gasteiger partial charge in [-0.25, -0.2) is 0 Å². The summed E-state index contributed by atoms with van der Waals surface area (Å²) in [5, 5.41) is -0.0688. The van der Waals surface area contributed by atoms with Gasteiger partial charge in [0, 0.05) is 35.8 Å². The summed E-state index contributed by atoms with van der Waals surface area (Å²) in [4.78, 5) is 27.6. The first kappa shape index (κ1) is 20.8. The summed E-state index contributed by atoms with van der Waals surface area (Å²) < 4.78 is 11.3. The van der Waals surface area contributed by atoms with Crippen LogP contribution in [0.5, 0.6) is 0 Å². The lowest BCUT2D eigenvalue weighted by Crippen LogP contribution is -2.64. The van der Waals surface area contributed by atoms with Crippen molar-refractivity contribution < 1.29 is 19.1 Å². The highest BCUT2D eigenvalue weighted by Gasteiger charge is 2.63. The largest absolute Gasteiger partial charge is 0.346 e. The van der Waals surface area contributed by atoms with Crippen molar-refractivity contribution in [3.05, 3.63) is 90.5 Å². The van der Waals surface area contributed by atoms with Crippen LogP contribution in [0.25, 0.3) is 0 Å². The van der Waals surface area contributed by atoms with Gasteiger partial charge in [0.05, 0.1) is 5.41 Å². The van der Waals surface area contributed by atoms with Gasteiger partial charge >= 0.3 is 0 Å². The molecule has 0 unspecified atom stereocenters. The Morgan fingerprint density at radius 3 is 2.30 bits per heavy atom. The van der Waals surface area contributed by atoms with Gasteiger partial charge in [-0.3, -0.25) is 9.59 Å². The summed E-state index contributed by atoms with van der Waals surface area (Å²) in [6, 6.07) is 19.1. The van der Waals surface area contributed by atoms with E-state index in [0.29, 0.717) is 12.0 Å². The van der Waals surface area contributed by atoms with Crippen molar-refractivity contribution >= 4 is 23.3 Å². The maximum atomic E-state index is 13.8. The third-order valence-corrected chi connectivity index (χ3v) is 7.41. The van der Waals surface area contributed by atoms with Crippen LogP contribution in [0.3, 0.4) is 0 Å². The average molecular weight is 421 g/mol. The van der Waals surface area contributed by atoms with Crippen molar-refractivity contribution in [2.24, 2.45) is 11.3 Å². The van der Waals surface area contributed by atoms with Gasteiger partial charge in [0.25, 0.3) is 0 Å². The summed E-state index contributed by atoms with van der Waals surface area (Å²) in [6.07, 6.45) is 7.87. The number of allylic oxidation sites excluding steroid dienone is 3. The minimum absolute atomic E-state index is 0.0688. The second kappa shape index (κ2) is 8.34. The first-order chi connectivity index (χ1) is 14.6. The highest BCUT2D eigenvalue weighted by Crippen LogP contribution is 2.55. The Morgan fingerprint density at radius 2 is 1.67 bits per heavy atom. The Morgan fingerprint density at radius 1 is 1.03 bits per heavy atom. The Kier molecular flexibility index (Phi) is 5.78. The van der Waals surface area contributed by atoms with Crippen LogP contribution in [0, 0.1) is 11.3 Å². The third-order valence-electron chi connectivity index (χ3n) is 6.00. The molecule has 2 aromatic rings. The van der Waals surface area contributed by atoms with E-state index < -0.39 is 11.2 Å². The van der Waals surface area contributed by atoms with Crippen LogP contribution in [0.1, 0.15) is 16.8 Å². The molecule has 1 fully saturated rings. The Hall–Kier alpha value is -2.47. The fourth-order valence-corrected chi connectivity index (χ4v) is 5.80. The number of thioether (sulfide) groups is 1. The molecule has 0 saturated heterocycles. The Labute approximate surface area is 181 Å². The summed E-state index contributed by atoms with van der Waals surface area (Å²) in [5.74, 6) is -1.81. The molecule has 0 spiro atoms. The minimum Gasteiger partial charge on any atom is -0.346 e. The maximum absolute atomic E-state index is 13.8. The van der Waals surface area contributed by atoms with Crippen LogP contribution in [0.4, 0.5) is 0 Å². The number of ether oxygens (including phenoxy) is 2. The summed E-state index contributed by atoms with van der Waals surface area (Å²) in [7, 11) is 3.00. The molecule has 0 radical (unpaired) electrons. The first-order valence-electron chi connectivity index (χ1n) is 9.90. The highest BCUT2D eigenvalue weighted by atomic mass is 32.2. The molecule has 0 N–H and O–H groups in total. The van der Waals surface area contributed by atoms with Crippen LogP contribution in [0.2, 0.25) is 0 Å². The predicted octanol–water partition coefficient (Wildman–Crippen LogP) is 4.72. The molecule has 0 aliphatic heterocycles. The molecule has 5 heteroatoms. The van der Waals surface area contributed by atoms with Crippen LogP contribution in [-0.4, -0.2) is 36.8 Å². The zero-order valence-electron chi connectivity index (χ0n) is 17.0. The predicted molar refractivity (Wildman–Crippen MR) is 117 cm³/mol. The zero-order valence-corrected chi connectivity index (χ0v) is 17.8. The SMILES string of the molecule is COC1(OC)C(=O)[C@@]2(/C=C/C(=O)c3ccccc3)C=C[C@H]1C[C@H]2Sc1ccccc1. The smallest absolute Gasteiger partial charge is 0.236 e. The Balaban J connectivity index is 1.74. The van der Waals surface area contributed by atoms with Crippen molar-refractivity contribution in [1.29, 1.82) is 0 Å². The quantitative estimate of drug-likeness (QED) is 0.281. The number of rotatable bonds is 7. The Bertz CT molecular complexity index is 979. The first-order valence-corrected chi connectivity index (χ1v) is 10.8. The second-order valence-electron chi connectivity index (χ2n) is 7.52. The molecule has 0 aromatic heterocycles. The number of benzene rings is 2. The number of hydrogen-bond donors (Lipinski definition) is 0. The number of hydrogen-bond acceptors (Lipinski definition) is 5. The zero-order chi connectivity index (χ0) is 21.2. The molecule has 3 aliphatic rings. The minimum atomic E-state index is -1.33. The molecule has 4 nitrogen and oxygen atoms in total. The van der Waals surface area contributed by atoms with E-state index >= 15 is 0 Å². The van der Waals surface area contributed by atoms with Gasteiger partial charge in [0.15, 0.2) is 5.78 Å². The second-order valence-corrected chi connectivity index (χ2v) is 8.80. The number of carbonyl (C=O) groups is 2. The van der Waals surface area contributed by atoms with Crippen molar-refractivity contribution in [2.75, 3.05) is 14.2 Å². The topological polar surface area (TPSA) is 52.6 Å². The van der Waals surface area contributed by atoms with E-state index in [9.17, 15) is 9.59 Å². The van der Waals surface area contributed by atoms with Gasteiger partial charge in [0.2, 0.25) is 11.6 Å². The van der Waals surface area contributed by atoms with E-state index in [1.54, 1.807) is 30.0 Å². The molecule has 0 heterocycles. The van der Waals surface area contributed by atoms with Gasteiger partial charge in [0.1, 0.15) is 0 Å². The van der Waals surface area contributed by atoms with Gasteiger partial charge in [-0.1, -0.05) is 66.8 Å². The standard InChI is InChI=1S/C25H24O4S/c1-28-25(29-2)19-13-15-24(23(25)27,16-14-21(26)18-9-5-3-6-10-18)22(17-19)30-20-11-7-4-8-12-20/h3-16,19,22H,17H2,1-2H3/b16-14+/t19-,22+,24+/m0/s1. The van der Waals surface area contributed by atoms with Crippen LogP contribution >= 0.6 is 11.8 Å². The average Bonchev–Trinajstić information content (AvgIpc) is 2.80. The molecule has 154 valence electrons. The van der Waals surface area contributed by atoms with Crippen molar-refractivity contribution in [1.82, 2.24) is 0 Å². The van der Waals surface area contributed by atoms with Crippen LogP contribution < -0.4 is 0 Å². The number of carbonyl (C=O) groups excluding carboxylic acids is 2. The molecule has 2 bridgehead atoms. The molecule has 2 aromatic carbocycles. The van der Waals surface area contributed by atoms with E-state index in [1.807, 2.05) is 60.7 Å². The summed E-state index contributed by atoms with van der Waals surface area (Å²) in [6.45, 7) is 0. The van der Waals surface area contributed by atoms with E-state index in [2.05, 4.69) is 0 Å². The van der Waals surface area contributed by atoms with Gasteiger partial charge < -0.3 is 9.47 Å². The number of Topliss-reactive ketones (excluding diaryl/α,β-unsaturated/α-hetero) is 1. The van der Waals surface area contributed by atoms with Crippen LogP contribution in [-0.2, 0) is 14.3 Å². The fourth-order valence-electron chi connectivity index (χ4n) is 4.39. The number of ketones is 2. The van der Waals surface area contributed by atoms with Gasteiger partial charge in [-0.05, 0) is 24.6 Å². The normalized spacial score (nSPS) is 26.9. The van der Waals surface area contributed by atoms with E-state index in [0.717, 1.165) is 4.90 Å². The lowest BCUT2D eigenvalue weighted by molar-refractivity contribution is -0.238. The van der Waals surface area contributed by atoms with E-state index in [4.69, 9.17) is 9.47 Å². The number of fused-ring (bicyclic) bond motifs is 2. The van der Waals surface area contributed by atoms with Gasteiger partial charge in [-0.15, -0.1) is 11.8 Å². The van der Waals surface area contributed by atoms with E-state index in [-0.39, 0.29) is 22.7 Å². The molecule has 30 heavy (non-hydrogen) atoms. The highest BCUT2D eigenvalue weighted by molar-refractivity contribution is 8.00. The molecule has 5 rings (SSSR count). The summed E-state index contributed by atoms with van der Waals surface area (Å²) in [5.41, 5.74) is -0.408. The third kappa shape index (κ3) is 3.37. The van der Waals surface area contributed by atoms with Crippen LogP contribution in [0.15, 0.2) is 89.9 Å². The van der Waals surface area contributed by atoms with E-state index in [1.165, 1.54) is 20.3 Å². The maximum Gasteiger partial charge on any atom is 0.236 e. The lowest BCUT2D eigenvalue weighted by Gasteiger charge is -2.53. The molecular formula is C25H24O4S. The molecular weight excluding hydrogens is 396 g/mol. The van der Waals surface area contributed by atoms with Crippen molar-refractivity contribution in [3.8, 4) is 0 Å². The van der Waals surface area contributed by atoms with Gasteiger partial charge in [-0.2, -0.15) is 0 Å². The molecule has 3 aliphatic carbocycles. The molecule has 3 atom stereocenters. The molecule has 1 saturated carbocycles. The number of methoxy groups -OCH3 is 2. The monoisotopic (exact) mass is 420 g/mol. The lowest BCUT2D eigenvalue weighted by atomic mass is 9.60. The van der Waals surface area contributed by atoms with Crippen molar-refractivity contribution in [2.45, 2.75) is 22.4 Å². The fraction of sp³-hybridized carbons (Fsp3) is 0.280.